The molecule has 0 saturated carbocycles. The van der Waals surface area contributed by atoms with Crippen LogP contribution in [0.15, 0.2) is 24.3 Å². The maximum atomic E-state index is 12.3. The van der Waals surface area contributed by atoms with Gasteiger partial charge in [0.1, 0.15) is 11.8 Å². The number of carboxylic acid groups (broad SMARTS) is 1. The molecule has 1 aromatic carbocycles. The summed E-state index contributed by atoms with van der Waals surface area (Å²) in [6, 6.07) is 4.66. The van der Waals surface area contributed by atoms with E-state index in [9.17, 15) is 18.4 Å². The van der Waals surface area contributed by atoms with Gasteiger partial charge in [-0.2, -0.15) is 8.78 Å². The van der Waals surface area contributed by atoms with Gasteiger partial charge < -0.3 is 14.7 Å². The summed E-state index contributed by atoms with van der Waals surface area (Å²) in [6.45, 7) is -2.75. The standard InChI is InChI=1S/C13H13F2NO4/c14-13(15)20-10-6-2-1-4-8(10)11(17)16-7-3-5-9(16)12(18)19/h1-2,4,6,9,13H,3,5,7H2,(H,18,19)/t9-/m0/s1. The monoisotopic (exact) mass is 285 g/mol. The number of carbonyl (C=O) groups is 2. The average molecular weight is 285 g/mol. The maximum absolute atomic E-state index is 12.3. The van der Waals surface area contributed by atoms with E-state index < -0.39 is 24.5 Å². The van der Waals surface area contributed by atoms with Crippen LogP contribution in [0, 0.1) is 0 Å². The van der Waals surface area contributed by atoms with Crippen LogP contribution in [0.5, 0.6) is 5.75 Å². The molecule has 108 valence electrons. The number of para-hydroxylation sites is 1. The summed E-state index contributed by atoms with van der Waals surface area (Å²) in [5.74, 6) is -1.95. The van der Waals surface area contributed by atoms with Gasteiger partial charge in [0.05, 0.1) is 5.56 Å². The van der Waals surface area contributed by atoms with Gasteiger partial charge in [-0.3, -0.25) is 4.79 Å². The van der Waals surface area contributed by atoms with E-state index in [-0.39, 0.29) is 11.3 Å². The molecule has 1 saturated heterocycles. The highest BCUT2D eigenvalue weighted by molar-refractivity contribution is 5.99. The molecular weight excluding hydrogens is 272 g/mol. The Hall–Kier alpha value is -2.18. The fraction of sp³-hybridized carbons (Fsp3) is 0.385. The van der Waals surface area contributed by atoms with Crippen molar-refractivity contribution in [1.29, 1.82) is 0 Å². The molecule has 20 heavy (non-hydrogen) atoms. The molecule has 0 bridgehead atoms. The summed E-state index contributed by atoms with van der Waals surface area (Å²) in [5.41, 5.74) is -0.0547. The van der Waals surface area contributed by atoms with Crippen LogP contribution in [0.3, 0.4) is 0 Å². The van der Waals surface area contributed by atoms with Crippen LogP contribution in [0.1, 0.15) is 23.2 Å². The number of hydrogen-bond acceptors (Lipinski definition) is 3. The van der Waals surface area contributed by atoms with Crippen LogP contribution in [0.2, 0.25) is 0 Å². The molecule has 0 aliphatic carbocycles. The van der Waals surface area contributed by atoms with Gasteiger partial charge in [-0.05, 0) is 25.0 Å². The lowest BCUT2D eigenvalue weighted by Gasteiger charge is -2.22. The summed E-state index contributed by atoms with van der Waals surface area (Å²) in [6.07, 6.45) is 0.930. The van der Waals surface area contributed by atoms with Crippen LogP contribution in [0.25, 0.3) is 0 Å². The summed E-state index contributed by atoms with van der Waals surface area (Å²) in [7, 11) is 0. The average Bonchev–Trinajstić information content (AvgIpc) is 2.87. The molecule has 1 atom stereocenters. The molecule has 1 amide bonds. The molecule has 0 radical (unpaired) electrons. The third-order valence-corrected chi connectivity index (χ3v) is 3.13. The molecule has 1 aliphatic rings. The second-order valence-corrected chi connectivity index (χ2v) is 4.37. The van der Waals surface area contributed by atoms with Crippen LogP contribution in [0.4, 0.5) is 8.78 Å². The Bertz CT molecular complexity index is 521. The number of nitrogens with zero attached hydrogens (tertiary/aromatic N) is 1. The smallest absolute Gasteiger partial charge is 0.387 e. The minimum Gasteiger partial charge on any atom is -0.480 e. The quantitative estimate of drug-likeness (QED) is 0.918. The number of carbonyl (C=O) groups excluding carboxylic acids is 1. The van der Waals surface area contributed by atoms with Crippen molar-refractivity contribution >= 4 is 11.9 Å². The Morgan fingerprint density at radius 3 is 2.70 bits per heavy atom. The largest absolute Gasteiger partial charge is 0.480 e. The van der Waals surface area contributed by atoms with Gasteiger partial charge in [-0.25, -0.2) is 4.79 Å². The van der Waals surface area contributed by atoms with Crippen molar-refractivity contribution in [2.75, 3.05) is 6.54 Å². The van der Waals surface area contributed by atoms with E-state index >= 15 is 0 Å². The number of carboxylic acids is 1. The molecule has 1 fully saturated rings. The van der Waals surface area contributed by atoms with Crippen molar-refractivity contribution < 1.29 is 28.2 Å². The van der Waals surface area contributed by atoms with E-state index in [4.69, 9.17) is 5.11 Å². The first-order valence-electron chi connectivity index (χ1n) is 6.08. The lowest BCUT2D eigenvalue weighted by molar-refractivity contribution is -0.141. The Kier molecular flexibility index (Phi) is 4.16. The van der Waals surface area contributed by atoms with Crippen molar-refractivity contribution in [3.63, 3.8) is 0 Å². The molecule has 1 aromatic rings. The third-order valence-electron chi connectivity index (χ3n) is 3.13. The van der Waals surface area contributed by atoms with Crippen LogP contribution >= 0.6 is 0 Å². The molecule has 1 aliphatic heterocycles. The molecular formula is C13H13F2NO4. The van der Waals surface area contributed by atoms with Gasteiger partial charge in [0.15, 0.2) is 0 Å². The van der Waals surface area contributed by atoms with Crippen LogP contribution < -0.4 is 4.74 Å². The zero-order chi connectivity index (χ0) is 14.7. The fourth-order valence-corrected chi connectivity index (χ4v) is 2.26. The number of likely N-dealkylation sites (tertiary alicyclic amines) is 1. The van der Waals surface area contributed by atoms with E-state index in [0.29, 0.717) is 19.4 Å². The van der Waals surface area contributed by atoms with Crippen molar-refractivity contribution in [2.24, 2.45) is 0 Å². The predicted molar refractivity (Wildman–Crippen MR) is 64.8 cm³/mol. The first-order chi connectivity index (χ1) is 9.50. The number of hydrogen-bond donors (Lipinski definition) is 1. The Morgan fingerprint density at radius 1 is 1.35 bits per heavy atom. The van der Waals surface area contributed by atoms with Gasteiger partial charge in [-0.15, -0.1) is 0 Å². The Labute approximate surface area is 113 Å². The van der Waals surface area contributed by atoms with E-state index in [2.05, 4.69) is 4.74 Å². The molecule has 0 unspecified atom stereocenters. The van der Waals surface area contributed by atoms with Gasteiger partial charge in [-0.1, -0.05) is 12.1 Å². The highest BCUT2D eigenvalue weighted by atomic mass is 19.3. The zero-order valence-corrected chi connectivity index (χ0v) is 10.5. The van der Waals surface area contributed by atoms with Crippen molar-refractivity contribution in [3.05, 3.63) is 29.8 Å². The summed E-state index contributed by atoms with van der Waals surface area (Å²) in [4.78, 5) is 24.5. The Morgan fingerprint density at radius 2 is 2.05 bits per heavy atom. The SMILES string of the molecule is O=C(O)[C@@H]1CCCN1C(=O)c1ccccc1OC(F)F. The highest BCUT2D eigenvalue weighted by Gasteiger charge is 2.35. The van der Waals surface area contributed by atoms with Gasteiger partial charge in [0.25, 0.3) is 5.91 Å². The topological polar surface area (TPSA) is 66.8 Å². The normalized spacial score (nSPS) is 18.4. The lowest BCUT2D eigenvalue weighted by atomic mass is 10.1. The minimum absolute atomic E-state index is 0.0547. The highest BCUT2D eigenvalue weighted by Crippen LogP contribution is 2.26. The Balaban J connectivity index is 2.27. The van der Waals surface area contributed by atoms with Gasteiger partial charge in [0, 0.05) is 6.54 Å². The van der Waals surface area contributed by atoms with Crippen molar-refractivity contribution in [1.82, 2.24) is 4.90 Å². The molecule has 5 nitrogen and oxygen atoms in total. The summed E-state index contributed by atoms with van der Waals surface area (Å²) < 4.78 is 28.9. The number of halogens is 2. The number of benzene rings is 1. The molecule has 0 aromatic heterocycles. The summed E-state index contributed by atoms with van der Waals surface area (Å²) >= 11 is 0. The number of amides is 1. The minimum atomic E-state index is -3.04. The molecule has 2 rings (SSSR count). The van der Waals surface area contributed by atoms with Crippen molar-refractivity contribution in [3.8, 4) is 5.75 Å². The predicted octanol–water partition coefficient (Wildman–Crippen LogP) is 1.98. The molecule has 7 heteroatoms. The second kappa shape index (κ2) is 5.85. The second-order valence-electron chi connectivity index (χ2n) is 4.37. The third kappa shape index (κ3) is 2.87. The van der Waals surface area contributed by atoms with Crippen LogP contribution in [-0.2, 0) is 4.79 Å². The maximum Gasteiger partial charge on any atom is 0.387 e. The van der Waals surface area contributed by atoms with Crippen molar-refractivity contribution in [2.45, 2.75) is 25.5 Å². The number of ether oxygens (including phenoxy) is 1. The van der Waals surface area contributed by atoms with E-state index in [1.54, 1.807) is 0 Å². The fourth-order valence-electron chi connectivity index (χ4n) is 2.26. The number of alkyl halides is 2. The molecule has 0 spiro atoms. The van der Waals surface area contributed by atoms with E-state index in [1.807, 2.05) is 0 Å². The van der Waals surface area contributed by atoms with E-state index in [0.717, 1.165) is 0 Å². The molecule has 1 heterocycles. The zero-order valence-electron chi connectivity index (χ0n) is 10.5. The van der Waals surface area contributed by atoms with Gasteiger partial charge >= 0.3 is 12.6 Å². The van der Waals surface area contributed by atoms with Gasteiger partial charge in [0.2, 0.25) is 0 Å². The van der Waals surface area contributed by atoms with E-state index in [1.165, 1.54) is 29.2 Å². The number of aliphatic carboxylic acids is 1. The number of rotatable bonds is 4. The first kappa shape index (κ1) is 14.2. The lowest BCUT2D eigenvalue weighted by Crippen LogP contribution is -2.40. The summed E-state index contributed by atoms with van der Waals surface area (Å²) in [5, 5.41) is 9.05. The molecule has 1 N–H and O–H groups in total. The van der Waals surface area contributed by atoms with Crippen LogP contribution in [-0.4, -0.2) is 41.1 Å². The first-order valence-corrected chi connectivity index (χ1v) is 6.08.